The van der Waals surface area contributed by atoms with Crippen molar-refractivity contribution in [2.24, 2.45) is 0 Å². The minimum absolute atomic E-state index is 0.125. The van der Waals surface area contributed by atoms with Gasteiger partial charge in [0.15, 0.2) is 0 Å². The Morgan fingerprint density at radius 2 is 2.08 bits per heavy atom. The van der Waals surface area contributed by atoms with Gasteiger partial charge in [-0.3, -0.25) is 9.59 Å². The first kappa shape index (κ1) is 17.0. The number of ether oxygens (including phenoxy) is 1. The van der Waals surface area contributed by atoms with E-state index in [2.05, 4.69) is 15.6 Å². The molecule has 0 saturated carbocycles. The number of pyridine rings is 1. The molecule has 2 amide bonds. The number of benzene rings is 1. The summed E-state index contributed by atoms with van der Waals surface area (Å²) in [4.78, 5) is 28.5. The van der Waals surface area contributed by atoms with Crippen LogP contribution < -0.4 is 15.4 Å². The van der Waals surface area contributed by atoms with Gasteiger partial charge < -0.3 is 15.4 Å². The number of aromatic nitrogens is 1. The summed E-state index contributed by atoms with van der Waals surface area (Å²) in [5.41, 5.74) is 1.45. The second kappa shape index (κ2) is 8.28. The maximum atomic E-state index is 12.4. The highest BCUT2D eigenvalue weighted by Crippen LogP contribution is 2.13. The Hall–Kier alpha value is -2.89. The number of hydrogen-bond donors (Lipinski definition) is 2. The molecule has 2 aromatic rings. The van der Waals surface area contributed by atoms with Gasteiger partial charge in [0.25, 0.3) is 5.91 Å². The van der Waals surface area contributed by atoms with Gasteiger partial charge >= 0.3 is 0 Å². The van der Waals surface area contributed by atoms with Crippen LogP contribution in [0.2, 0.25) is 0 Å². The van der Waals surface area contributed by atoms with Crippen LogP contribution in [0.3, 0.4) is 0 Å². The van der Waals surface area contributed by atoms with E-state index in [0.717, 1.165) is 18.4 Å². The Morgan fingerprint density at radius 1 is 1.24 bits per heavy atom. The molecular formula is C19H21N3O3. The Balaban J connectivity index is 1.62. The van der Waals surface area contributed by atoms with Crippen molar-refractivity contribution in [3.05, 3.63) is 59.8 Å². The van der Waals surface area contributed by atoms with E-state index in [0.29, 0.717) is 31.0 Å². The molecule has 6 heteroatoms. The lowest BCUT2D eigenvalue weighted by molar-refractivity contribution is -0.122. The van der Waals surface area contributed by atoms with Crippen LogP contribution in [0.25, 0.3) is 0 Å². The molecular weight excluding hydrogens is 318 g/mol. The molecule has 3 rings (SSSR count). The number of carbonyl (C=O) groups excluding carboxylic acids is 2. The fourth-order valence-electron chi connectivity index (χ4n) is 2.68. The van der Waals surface area contributed by atoms with Gasteiger partial charge in [-0.25, -0.2) is 4.98 Å². The first-order chi connectivity index (χ1) is 12.2. The zero-order valence-corrected chi connectivity index (χ0v) is 13.9. The van der Waals surface area contributed by atoms with Gasteiger partial charge in [-0.05, 0) is 30.9 Å². The summed E-state index contributed by atoms with van der Waals surface area (Å²) in [6.07, 6.45) is 4.03. The first-order valence-corrected chi connectivity index (χ1v) is 8.44. The second-order valence-electron chi connectivity index (χ2n) is 5.97. The lowest BCUT2D eigenvalue weighted by atomic mass is 10.1. The molecule has 0 radical (unpaired) electrons. The molecule has 6 nitrogen and oxygen atoms in total. The lowest BCUT2D eigenvalue weighted by Gasteiger charge is -2.15. The topological polar surface area (TPSA) is 80.3 Å². The van der Waals surface area contributed by atoms with Crippen LogP contribution >= 0.6 is 0 Å². The smallest absolute Gasteiger partial charge is 0.252 e. The Morgan fingerprint density at radius 3 is 2.92 bits per heavy atom. The van der Waals surface area contributed by atoms with E-state index in [1.807, 2.05) is 30.3 Å². The second-order valence-corrected chi connectivity index (χ2v) is 5.97. The van der Waals surface area contributed by atoms with Gasteiger partial charge in [-0.2, -0.15) is 0 Å². The van der Waals surface area contributed by atoms with Crippen LogP contribution in [0.15, 0.2) is 48.7 Å². The average Bonchev–Trinajstić information content (AvgIpc) is 2.85. The van der Waals surface area contributed by atoms with Crippen molar-refractivity contribution >= 4 is 11.8 Å². The molecule has 1 aromatic heterocycles. The minimum Gasteiger partial charge on any atom is -0.473 e. The van der Waals surface area contributed by atoms with Gasteiger partial charge in [-0.1, -0.05) is 30.3 Å². The predicted molar refractivity (Wildman–Crippen MR) is 93.1 cm³/mol. The third kappa shape index (κ3) is 4.79. The van der Waals surface area contributed by atoms with Crippen molar-refractivity contribution in [1.29, 1.82) is 0 Å². The van der Waals surface area contributed by atoms with E-state index < -0.39 is 6.04 Å². The number of nitrogens with one attached hydrogen (secondary N) is 2. The van der Waals surface area contributed by atoms with Crippen LogP contribution in [-0.2, 0) is 11.4 Å². The van der Waals surface area contributed by atoms with Gasteiger partial charge in [0.05, 0.1) is 0 Å². The fourth-order valence-corrected chi connectivity index (χ4v) is 2.68. The standard InChI is InChI=1S/C19H21N3O3/c23-18(22-16-8-4-5-10-21-19(16)24)15-9-11-20-17(12-15)25-13-14-6-2-1-3-7-14/h1-3,6-7,9,11-12,16H,4-5,8,10,13H2,(H,21,24)(H,22,23)/t16-/m0/s1. The van der Waals surface area contributed by atoms with Crippen molar-refractivity contribution in [3.8, 4) is 5.88 Å². The molecule has 1 aliphatic rings. The Bertz CT molecular complexity index is 734. The molecule has 2 N–H and O–H groups in total. The molecule has 0 bridgehead atoms. The molecule has 0 spiro atoms. The number of amides is 2. The molecule has 1 saturated heterocycles. The van der Waals surface area contributed by atoms with Gasteiger partial charge in [-0.15, -0.1) is 0 Å². The monoisotopic (exact) mass is 339 g/mol. The van der Waals surface area contributed by atoms with E-state index in [1.54, 1.807) is 12.1 Å². The number of rotatable bonds is 5. The summed E-state index contributed by atoms with van der Waals surface area (Å²) in [5.74, 6) is -0.0451. The summed E-state index contributed by atoms with van der Waals surface area (Å²) in [6.45, 7) is 1.04. The van der Waals surface area contributed by atoms with Crippen molar-refractivity contribution in [2.45, 2.75) is 31.9 Å². The van der Waals surface area contributed by atoms with Gasteiger partial charge in [0.2, 0.25) is 11.8 Å². The third-order valence-corrected chi connectivity index (χ3v) is 4.07. The fraction of sp³-hybridized carbons (Fsp3) is 0.316. The minimum atomic E-state index is -0.489. The van der Waals surface area contributed by atoms with Crippen molar-refractivity contribution in [2.75, 3.05) is 6.54 Å². The largest absolute Gasteiger partial charge is 0.473 e. The summed E-state index contributed by atoms with van der Waals surface area (Å²) >= 11 is 0. The molecule has 25 heavy (non-hydrogen) atoms. The average molecular weight is 339 g/mol. The van der Waals surface area contributed by atoms with Crippen molar-refractivity contribution < 1.29 is 14.3 Å². The van der Waals surface area contributed by atoms with E-state index in [4.69, 9.17) is 4.74 Å². The van der Waals surface area contributed by atoms with Crippen molar-refractivity contribution in [1.82, 2.24) is 15.6 Å². The van der Waals surface area contributed by atoms with E-state index in [1.165, 1.54) is 6.20 Å². The maximum absolute atomic E-state index is 12.4. The number of carbonyl (C=O) groups is 2. The zero-order valence-electron chi connectivity index (χ0n) is 13.9. The van der Waals surface area contributed by atoms with E-state index in [-0.39, 0.29) is 11.8 Å². The van der Waals surface area contributed by atoms with Gasteiger partial charge in [0.1, 0.15) is 12.6 Å². The first-order valence-electron chi connectivity index (χ1n) is 8.44. The highest BCUT2D eigenvalue weighted by atomic mass is 16.5. The summed E-state index contributed by atoms with van der Waals surface area (Å²) in [5, 5.41) is 5.60. The molecule has 0 unspecified atom stereocenters. The lowest BCUT2D eigenvalue weighted by Crippen LogP contribution is -2.45. The molecule has 130 valence electrons. The summed E-state index contributed by atoms with van der Waals surface area (Å²) in [7, 11) is 0. The molecule has 0 aliphatic carbocycles. The molecule has 1 atom stereocenters. The van der Waals surface area contributed by atoms with E-state index in [9.17, 15) is 9.59 Å². The maximum Gasteiger partial charge on any atom is 0.252 e. The van der Waals surface area contributed by atoms with E-state index >= 15 is 0 Å². The highest BCUT2D eigenvalue weighted by Gasteiger charge is 2.23. The third-order valence-electron chi connectivity index (χ3n) is 4.07. The normalized spacial score (nSPS) is 17.3. The van der Waals surface area contributed by atoms with Crippen LogP contribution in [0.4, 0.5) is 0 Å². The number of hydrogen-bond acceptors (Lipinski definition) is 4. The Labute approximate surface area is 146 Å². The molecule has 2 heterocycles. The summed E-state index contributed by atoms with van der Waals surface area (Å²) in [6, 6.07) is 12.4. The van der Waals surface area contributed by atoms with Gasteiger partial charge in [0, 0.05) is 24.4 Å². The van der Waals surface area contributed by atoms with Crippen LogP contribution in [0.5, 0.6) is 5.88 Å². The number of nitrogens with zero attached hydrogens (tertiary/aromatic N) is 1. The SMILES string of the molecule is O=C(N[C@H]1CCCCNC1=O)c1ccnc(OCc2ccccc2)c1. The zero-order chi connectivity index (χ0) is 17.5. The highest BCUT2D eigenvalue weighted by molar-refractivity contribution is 5.97. The molecule has 1 aliphatic heterocycles. The van der Waals surface area contributed by atoms with Crippen LogP contribution in [-0.4, -0.2) is 29.4 Å². The predicted octanol–water partition coefficient (Wildman–Crippen LogP) is 2.06. The summed E-state index contributed by atoms with van der Waals surface area (Å²) < 4.78 is 5.64. The van der Waals surface area contributed by atoms with Crippen LogP contribution in [0, 0.1) is 0 Å². The Kier molecular flexibility index (Phi) is 5.61. The van der Waals surface area contributed by atoms with Crippen LogP contribution in [0.1, 0.15) is 35.2 Å². The molecule has 1 fully saturated rings. The quantitative estimate of drug-likeness (QED) is 0.874. The molecule has 1 aromatic carbocycles. The van der Waals surface area contributed by atoms with Crippen molar-refractivity contribution in [3.63, 3.8) is 0 Å².